The Morgan fingerprint density at radius 3 is 2.13 bits per heavy atom. The van der Waals surface area contributed by atoms with Gasteiger partial charge in [-0.15, -0.1) is 0 Å². The van der Waals surface area contributed by atoms with Gasteiger partial charge in [0.25, 0.3) is 0 Å². The summed E-state index contributed by atoms with van der Waals surface area (Å²) in [6, 6.07) is 25.7. The lowest BCUT2D eigenvalue weighted by Crippen LogP contribution is -1.97. The van der Waals surface area contributed by atoms with E-state index in [9.17, 15) is 9.90 Å². The third kappa shape index (κ3) is 4.69. The van der Waals surface area contributed by atoms with E-state index in [-0.39, 0.29) is 6.42 Å². The lowest BCUT2D eigenvalue weighted by atomic mass is 9.97. The number of aryl methyl sites for hydroxylation is 3. The topological polar surface area (TPSA) is 37.3 Å². The number of hydrogen-bond acceptors (Lipinski definition) is 1. The number of carboxylic acid groups (broad SMARTS) is 1. The monoisotopic (exact) mass is 408 g/mol. The zero-order chi connectivity index (χ0) is 21.8. The molecule has 31 heavy (non-hydrogen) atoms. The van der Waals surface area contributed by atoms with Crippen LogP contribution < -0.4 is 0 Å². The minimum absolute atomic E-state index is 0.0573. The first-order valence-corrected chi connectivity index (χ1v) is 11.0. The number of hydrogen-bond donors (Lipinski definition) is 1. The molecule has 2 nitrogen and oxygen atoms in total. The van der Waals surface area contributed by atoms with Crippen LogP contribution in [0.4, 0.5) is 0 Å². The molecule has 1 aliphatic rings. The van der Waals surface area contributed by atoms with Gasteiger partial charge in [-0.3, -0.25) is 4.79 Å². The summed E-state index contributed by atoms with van der Waals surface area (Å²) in [4.78, 5) is 11.5. The van der Waals surface area contributed by atoms with Gasteiger partial charge in [-0.2, -0.15) is 0 Å². The van der Waals surface area contributed by atoms with Crippen LogP contribution in [0.2, 0.25) is 0 Å². The van der Waals surface area contributed by atoms with Gasteiger partial charge in [0.15, 0.2) is 0 Å². The van der Waals surface area contributed by atoms with Gasteiger partial charge in [0.2, 0.25) is 0 Å². The largest absolute Gasteiger partial charge is 0.481 e. The molecule has 0 heterocycles. The summed E-state index contributed by atoms with van der Waals surface area (Å²) in [5, 5.41) is 9.43. The second kappa shape index (κ2) is 9.18. The molecule has 3 aromatic rings. The predicted octanol–water partition coefficient (Wildman–Crippen LogP) is 6.84. The molecular weight excluding hydrogens is 380 g/mol. The average molecular weight is 409 g/mol. The summed E-state index contributed by atoms with van der Waals surface area (Å²) < 4.78 is 0. The highest BCUT2D eigenvalue weighted by Crippen LogP contribution is 2.44. The third-order valence-corrected chi connectivity index (χ3v) is 6.13. The standard InChI is InChI=1S/C29H28O2/c1-3-21-15-16-25-26(20(2)27(19-29(30)31)28(25)17-21)18-24-13-11-23(12-14-24)10-9-22-7-5-4-6-8-22/h4-8,11-18H,3,9-10,19H2,1-2H3,(H,30,31)/b26-18-. The van der Waals surface area contributed by atoms with E-state index in [1.54, 1.807) is 0 Å². The van der Waals surface area contributed by atoms with Crippen LogP contribution in [0, 0.1) is 0 Å². The molecule has 2 heteroatoms. The fraction of sp³-hybridized carbons (Fsp3) is 0.207. The van der Waals surface area contributed by atoms with Crippen molar-refractivity contribution in [2.75, 3.05) is 0 Å². The molecule has 0 unspecified atom stereocenters. The van der Waals surface area contributed by atoms with Crippen molar-refractivity contribution in [1.82, 2.24) is 0 Å². The predicted molar refractivity (Wildman–Crippen MR) is 129 cm³/mol. The molecule has 0 amide bonds. The minimum atomic E-state index is -0.786. The second-order valence-electron chi connectivity index (χ2n) is 8.19. The van der Waals surface area contributed by atoms with Crippen LogP contribution in [0.25, 0.3) is 17.2 Å². The van der Waals surface area contributed by atoms with Crippen LogP contribution in [-0.4, -0.2) is 11.1 Å². The maximum atomic E-state index is 11.5. The van der Waals surface area contributed by atoms with Crippen molar-refractivity contribution in [3.63, 3.8) is 0 Å². The maximum Gasteiger partial charge on any atom is 0.307 e. The molecule has 4 rings (SSSR count). The molecule has 0 atom stereocenters. The number of rotatable bonds is 7. The molecule has 0 saturated heterocycles. The van der Waals surface area contributed by atoms with Crippen molar-refractivity contribution >= 4 is 23.2 Å². The van der Waals surface area contributed by atoms with Gasteiger partial charge in [0.05, 0.1) is 6.42 Å². The second-order valence-corrected chi connectivity index (χ2v) is 8.19. The molecule has 0 radical (unpaired) electrons. The van der Waals surface area contributed by atoms with Crippen molar-refractivity contribution < 1.29 is 9.90 Å². The highest BCUT2D eigenvalue weighted by atomic mass is 16.4. The molecule has 0 aromatic heterocycles. The van der Waals surface area contributed by atoms with Gasteiger partial charge in [-0.05, 0) is 82.4 Å². The molecule has 0 aliphatic heterocycles. The molecule has 3 aromatic carbocycles. The summed E-state index contributed by atoms with van der Waals surface area (Å²) in [5.41, 5.74) is 10.4. The number of benzene rings is 3. The lowest BCUT2D eigenvalue weighted by molar-refractivity contribution is -0.135. The normalized spacial score (nSPS) is 14.2. The first-order chi connectivity index (χ1) is 15.0. The first kappa shape index (κ1) is 20.9. The SMILES string of the molecule is CCc1ccc2c(c1)C(CC(=O)O)=C(C)/C2=C/c1ccc(CCc2ccccc2)cc1. The Bertz CT molecular complexity index is 1150. The number of aliphatic carboxylic acids is 1. The van der Waals surface area contributed by atoms with Gasteiger partial charge in [-0.25, -0.2) is 0 Å². The Balaban J connectivity index is 1.60. The highest BCUT2D eigenvalue weighted by molar-refractivity contribution is 6.07. The third-order valence-electron chi connectivity index (χ3n) is 6.13. The number of carboxylic acids is 1. The smallest absolute Gasteiger partial charge is 0.307 e. The van der Waals surface area contributed by atoms with Crippen LogP contribution in [0.15, 0.2) is 78.4 Å². The van der Waals surface area contributed by atoms with Crippen LogP contribution >= 0.6 is 0 Å². The van der Waals surface area contributed by atoms with Gasteiger partial charge in [0, 0.05) is 0 Å². The molecule has 156 valence electrons. The molecule has 0 bridgehead atoms. The summed E-state index contributed by atoms with van der Waals surface area (Å²) in [5.74, 6) is -0.786. The van der Waals surface area contributed by atoms with Crippen LogP contribution in [-0.2, 0) is 24.1 Å². The summed E-state index contributed by atoms with van der Waals surface area (Å²) in [7, 11) is 0. The van der Waals surface area contributed by atoms with E-state index in [1.807, 2.05) is 13.0 Å². The van der Waals surface area contributed by atoms with Crippen molar-refractivity contribution in [2.24, 2.45) is 0 Å². The number of fused-ring (bicyclic) bond motifs is 1. The maximum absolute atomic E-state index is 11.5. The van der Waals surface area contributed by atoms with Gasteiger partial charge < -0.3 is 5.11 Å². The van der Waals surface area contributed by atoms with Gasteiger partial charge >= 0.3 is 5.97 Å². The Morgan fingerprint density at radius 1 is 0.839 bits per heavy atom. The summed E-state index contributed by atoms with van der Waals surface area (Å²) in [6.45, 7) is 4.17. The quantitative estimate of drug-likeness (QED) is 0.465. The molecule has 0 spiro atoms. The first-order valence-electron chi connectivity index (χ1n) is 11.0. The van der Waals surface area contributed by atoms with E-state index in [4.69, 9.17) is 0 Å². The highest BCUT2D eigenvalue weighted by Gasteiger charge is 2.25. The molecule has 1 aliphatic carbocycles. The fourth-order valence-electron chi connectivity index (χ4n) is 4.31. The van der Waals surface area contributed by atoms with E-state index >= 15 is 0 Å². The van der Waals surface area contributed by atoms with E-state index in [2.05, 4.69) is 79.7 Å². The van der Waals surface area contributed by atoms with Gasteiger partial charge in [0.1, 0.15) is 0 Å². The molecule has 0 saturated carbocycles. The molecular formula is C29H28O2. The average Bonchev–Trinajstić information content (AvgIpc) is 3.04. The molecule has 0 fully saturated rings. The Morgan fingerprint density at radius 2 is 1.48 bits per heavy atom. The van der Waals surface area contributed by atoms with Gasteiger partial charge in [-0.1, -0.05) is 79.7 Å². The summed E-state index contributed by atoms with van der Waals surface area (Å²) in [6.07, 6.45) is 5.24. The van der Waals surface area contributed by atoms with E-state index in [1.165, 1.54) is 16.7 Å². The zero-order valence-electron chi connectivity index (χ0n) is 18.2. The van der Waals surface area contributed by atoms with Crippen LogP contribution in [0.1, 0.15) is 53.6 Å². The van der Waals surface area contributed by atoms with E-state index in [0.717, 1.165) is 52.7 Å². The van der Waals surface area contributed by atoms with Crippen molar-refractivity contribution in [1.29, 1.82) is 0 Å². The van der Waals surface area contributed by atoms with Crippen molar-refractivity contribution in [2.45, 2.75) is 39.5 Å². The van der Waals surface area contributed by atoms with Crippen LogP contribution in [0.5, 0.6) is 0 Å². The van der Waals surface area contributed by atoms with Crippen LogP contribution in [0.3, 0.4) is 0 Å². The lowest BCUT2D eigenvalue weighted by Gasteiger charge is -2.07. The Hall–Kier alpha value is -3.39. The molecule has 1 N–H and O–H groups in total. The zero-order valence-corrected chi connectivity index (χ0v) is 18.2. The van der Waals surface area contributed by atoms with E-state index < -0.39 is 5.97 Å². The summed E-state index contributed by atoms with van der Waals surface area (Å²) >= 11 is 0. The van der Waals surface area contributed by atoms with E-state index in [0.29, 0.717) is 0 Å². The number of allylic oxidation sites excluding steroid dienone is 2. The van der Waals surface area contributed by atoms with Crippen molar-refractivity contribution in [3.8, 4) is 0 Å². The Labute approximate surface area is 184 Å². The van der Waals surface area contributed by atoms with Crippen molar-refractivity contribution in [3.05, 3.63) is 112 Å². The Kier molecular flexibility index (Phi) is 6.18. The number of carbonyl (C=O) groups is 1. The fourth-order valence-corrected chi connectivity index (χ4v) is 4.31. The minimum Gasteiger partial charge on any atom is -0.481 e.